The second-order valence-corrected chi connectivity index (χ2v) is 8.36. The number of piperidine rings is 1. The molecule has 27 heavy (non-hydrogen) atoms. The summed E-state index contributed by atoms with van der Waals surface area (Å²) in [5, 5.41) is 4.50. The van der Waals surface area contributed by atoms with E-state index < -0.39 is 0 Å². The van der Waals surface area contributed by atoms with Crippen LogP contribution in [0.1, 0.15) is 43.7 Å². The van der Waals surface area contributed by atoms with Crippen LogP contribution in [0.4, 0.5) is 5.69 Å². The van der Waals surface area contributed by atoms with Crippen molar-refractivity contribution in [3.8, 4) is 0 Å². The number of halogens is 2. The minimum Gasteiger partial charge on any atom is -0.326 e. The summed E-state index contributed by atoms with van der Waals surface area (Å²) < 4.78 is 0. The number of nitrogens with zero attached hydrogens (tertiary/aromatic N) is 1. The van der Waals surface area contributed by atoms with Gasteiger partial charge in [-0.15, -0.1) is 0 Å². The second kappa shape index (κ2) is 9.09. The third-order valence-electron chi connectivity index (χ3n) is 5.21. The van der Waals surface area contributed by atoms with Gasteiger partial charge >= 0.3 is 0 Å². The van der Waals surface area contributed by atoms with Crippen molar-refractivity contribution in [3.63, 3.8) is 0 Å². The summed E-state index contributed by atoms with van der Waals surface area (Å²) in [6, 6.07) is 13.7. The minimum absolute atomic E-state index is 0.0576. The molecular weight excluding hydrogens is 379 g/mol. The Labute approximate surface area is 171 Å². The summed E-state index contributed by atoms with van der Waals surface area (Å²) in [6.07, 6.45) is 1.72. The molecule has 0 unspecified atom stereocenters. The number of anilines is 1. The van der Waals surface area contributed by atoms with Crippen LogP contribution < -0.4 is 5.32 Å². The molecule has 1 aliphatic heterocycles. The van der Waals surface area contributed by atoms with Crippen molar-refractivity contribution in [2.24, 2.45) is 5.92 Å². The molecule has 0 aromatic heterocycles. The monoisotopic (exact) mass is 404 g/mol. The molecule has 1 saturated heterocycles. The number of nitrogens with one attached hydrogen (secondary N) is 1. The number of benzene rings is 2. The molecule has 3 nitrogen and oxygen atoms in total. The van der Waals surface area contributed by atoms with Crippen LogP contribution in [-0.2, 0) is 11.3 Å². The summed E-state index contributed by atoms with van der Waals surface area (Å²) >= 11 is 12.3. The maximum atomic E-state index is 12.7. The highest BCUT2D eigenvalue weighted by atomic mass is 35.5. The highest BCUT2D eigenvalue weighted by Gasteiger charge is 2.26. The summed E-state index contributed by atoms with van der Waals surface area (Å²) in [6.45, 7) is 6.86. The number of para-hydroxylation sites is 1. The first-order chi connectivity index (χ1) is 12.9. The predicted octanol–water partition coefficient (Wildman–Crippen LogP) is 5.97. The fraction of sp³-hybridized carbons (Fsp3) is 0.409. The smallest absolute Gasteiger partial charge is 0.227 e. The molecule has 0 atom stereocenters. The predicted molar refractivity (Wildman–Crippen MR) is 114 cm³/mol. The Morgan fingerprint density at radius 3 is 2.52 bits per heavy atom. The molecule has 2 aromatic rings. The molecule has 5 heteroatoms. The quantitative estimate of drug-likeness (QED) is 0.665. The van der Waals surface area contributed by atoms with E-state index in [-0.39, 0.29) is 11.8 Å². The van der Waals surface area contributed by atoms with Crippen molar-refractivity contribution in [1.29, 1.82) is 0 Å². The lowest BCUT2D eigenvalue weighted by molar-refractivity contribution is -0.121. The summed E-state index contributed by atoms with van der Waals surface area (Å²) in [4.78, 5) is 15.1. The van der Waals surface area contributed by atoms with Gasteiger partial charge in [-0.1, -0.05) is 61.3 Å². The van der Waals surface area contributed by atoms with Gasteiger partial charge in [-0.05, 0) is 61.2 Å². The lowest BCUT2D eigenvalue weighted by atomic mass is 9.94. The van der Waals surface area contributed by atoms with Crippen LogP contribution >= 0.6 is 23.2 Å². The van der Waals surface area contributed by atoms with E-state index in [0.29, 0.717) is 16.0 Å². The zero-order valence-corrected chi connectivity index (χ0v) is 17.4. The lowest BCUT2D eigenvalue weighted by Crippen LogP contribution is -2.37. The Balaban J connectivity index is 1.55. The first-order valence-corrected chi connectivity index (χ1v) is 10.3. The van der Waals surface area contributed by atoms with Gasteiger partial charge in [0.1, 0.15) is 0 Å². The molecule has 1 amide bonds. The Morgan fingerprint density at radius 2 is 1.85 bits per heavy atom. The van der Waals surface area contributed by atoms with Gasteiger partial charge in [0.15, 0.2) is 0 Å². The molecule has 0 aliphatic carbocycles. The van der Waals surface area contributed by atoms with Gasteiger partial charge < -0.3 is 5.32 Å². The van der Waals surface area contributed by atoms with Gasteiger partial charge in [0, 0.05) is 28.2 Å². The molecular formula is C22H26Cl2N2O. The Hall–Kier alpha value is -1.55. The minimum atomic E-state index is 0.0576. The van der Waals surface area contributed by atoms with Gasteiger partial charge in [-0.3, -0.25) is 9.69 Å². The lowest BCUT2D eigenvalue weighted by Gasteiger charge is -2.31. The van der Waals surface area contributed by atoms with E-state index in [1.165, 1.54) is 5.56 Å². The second-order valence-electron chi connectivity index (χ2n) is 7.52. The number of carbonyl (C=O) groups is 1. The zero-order valence-electron chi connectivity index (χ0n) is 15.8. The van der Waals surface area contributed by atoms with Crippen LogP contribution in [-0.4, -0.2) is 23.9 Å². The van der Waals surface area contributed by atoms with E-state index in [1.807, 2.05) is 30.3 Å². The summed E-state index contributed by atoms with van der Waals surface area (Å²) in [5.41, 5.74) is 3.20. The average molecular weight is 405 g/mol. The number of rotatable bonds is 5. The summed E-state index contributed by atoms with van der Waals surface area (Å²) in [7, 11) is 0. The topological polar surface area (TPSA) is 32.3 Å². The van der Waals surface area contributed by atoms with E-state index in [0.717, 1.165) is 43.7 Å². The van der Waals surface area contributed by atoms with E-state index in [1.54, 1.807) is 6.07 Å². The number of hydrogen-bond acceptors (Lipinski definition) is 2. The van der Waals surface area contributed by atoms with E-state index in [2.05, 4.69) is 30.1 Å². The van der Waals surface area contributed by atoms with Crippen molar-refractivity contribution in [2.75, 3.05) is 18.4 Å². The van der Waals surface area contributed by atoms with Gasteiger partial charge in [0.05, 0.1) is 0 Å². The molecule has 2 aromatic carbocycles. The molecule has 0 saturated carbocycles. The standard InChI is InChI=1S/C22H26Cl2N2O/c1-15(2)19-5-3-4-6-21(19)25-22(27)16-9-11-26(12-10-16)14-17-7-8-18(23)13-20(17)24/h3-8,13,15-16H,9-12,14H2,1-2H3,(H,25,27). The molecule has 1 heterocycles. The summed E-state index contributed by atoms with van der Waals surface area (Å²) in [5.74, 6) is 0.571. The van der Waals surface area contributed by atoms with E-state index >= 15 is 0 Å². The fourth-order valence-electron chi connectivity index (χ4n) is 3.59. The van der Waals surface area contributed by atoms with Gasteiger partial charge in [0.2, 0.25) is 5.91 Å². The molecule has 1 N–H and O–H groups in total. The normalized spacial score (nSPS) is 15.9. The molecule has 0 bridgehead atoms. The van der Waals surface area contributed by atoms with Crippen LogP contribution in [0.3, 0.4) is 0 Å². The third kappa shape index (κ3) is 5.25. The van der Waals surface area contributed by atoms with Crippen LogP contribution in [0.15, 0.2) is 42.5 Å². The van der Waals surface area contributed by atoms with E-state index in [9.17, 15) is 4.79 Å². The van der Waals surface area contributed by atoms with Gasteiger partial charge in [-0.2, -0.15) is 0 Å². The molecule has 144 valence electrons. The first-order valence-electron chi connectivity index (χ1n) is 9.50. The Morgan fingerprint density at radius 1 is 1.15 bits per heavy atom. The zero-order chi connectivity index (χ0) is 19.4. The van der Waals surface area contributed by atoms with Crippen LogP contribution in [0, 0.1) is 5.92 Å². The third-order valence-corrected chi connectivity index (χ3v) is 5.80. The molecule has 0 spiro atoms. The number of carbonyl (C=O) groups excluding carboxylic acids is 1. The van der Waals surface area contributed by atoms with Crippen molar-refractivity contribution in [2.45, 2.75) is 39.2 Å². The van der Waals surface area contributed by atoms with Crippen LogP contribution in [0.2, 0.25) is 10.0 Å². The Bertz CT molecular complexity index is 799. The van der Waals surface area contributed by atoms with Crippen molar-refractivity contribution >= 4 is 34.8 Å². The van der Waals surface area contributed by atoms with Gasteiger partial charge in [0.25, 0.3) is 0 Å². The maximum Gasteiger partial charge on any atom is 0.227 e. The first kappa shape index (κ1) is 20.2. The highest BCUT2D eigenvalue weighted by Crippen LogP contribution is 2.27. The molecule has 0 radical (unpaired) electrons. The maximum absolute atomic E-state index is 12.7. The number of hydrogen-bond donors (Lipinski definition) is 1. The fourth-order valence-corrected chi connectivity index (χ4v) is 4.06. The van der Waals surface area contributed by atoms with Crippen molar-refractivity contribution < 1.29 is 4.79 Å². The molecule has 1 fully saturated rings. The average Bonchev–Trinajstić information content (AvgIpc) is 2.65. The van der Waals surface area contributed by atoms with Gasteiger partial charge in [-0.25, -0.2) is 0 Å². The molecule has 1 aliphatic rings. The van der Waals surface area contributed by atoms with Crippen molar-refractivity contribution in [3.05, 3.63) is 63.6 Å². The SMILES string of the molecule is CC(C)c1ccccc1NC(=O)C1CCN(Cc2ccc(Cl)cc2Cl)CC1. The van der Waals surface area contributed by atoms with Crippen molar-refractivity contribution in [1.82, 2.24) is 4.90 Å². The number of amides is 1. The number of likely N-dealkylation sites (tertiary alicyclic amines) is 1. The van der Waals surface area contributed by atoms with Crippen LogP contribution in [0.25, 0.3) is 0 Å². The van der Waals surface area contributed by atoms with E-state index in [4.69, 9.17) is 23.2 Å². The highest BCUT2D eigenvalue weighted by molar-refractivity contribution is 6.35. The van der Waals surface area contributed by atoms with Crippen LogP contribution in [0.5, 0.6) is 0 Å². The molecule has 3 rings (SSSR count). The Kier molecular flexibility index (Phi) is 6.80. The largest absolute Gasteiger partial charge is 0.326 e.